The second-order valence-corrected chi connectivity index (χ2v) is 5.48. The minimum absolute atomic E-state index is 0.330. The molecule has 0 aliphatic rings. The minimum Gasteiger partial charge on any atom is -0.494 e. The second kappa shape index (κ2) is 7.84. The predicted molar refractivity (Wildman–Crippen MR) is 88.9 cm³/mol. The zero-order valence-corrected chi connectivity index (χ0v) is 13.0. The molecule has 0 aliphatic carbocycles. The largest absolute Gasteiger partial charge is 0.494 e. The lowest BCUT2D eigenvalue weighted by Gasteiger charge is -2.18. The first-order valence-corrected chi connectivity index (χ1v) is 7.72. The van der Waals surface area contributed by atoms with E-state index in [9.17, 15) is 0 Å². The second-order valence-electron chi connectivity index (χ2n) is 5.48. The average Bonchev–Trinajstić information content (AvgIpc) is 2.52. The van der Waals surface area contributed by atoms with E-state index in [1.54, 1.807) is 0 Å². The summed E-state index contributed by atoms with van der Waals surface area (Å²) in [7, 11) is 0. The van der Waals surface area contributed by atoms with Crippen molar-refractivity contribution < 1.29 is 4.74 Å². The minimum atomic E-state index is 0.330. The van der Waals surface area contributed by atoms with Crippen molar-refractivity contribution in [1.82, 2.24) is 0 Å². The first kappa shape index (κ1) is 15.6. The molecule has 1 atom stereocenters. The molecule has 2 heteroatoms. The van der Waals surface area contributed by atoms with Crippen LogP contribution in [0, 0.1) is 6.92 Å². The summed E-state index contributed by atoms with van der Waals surface area (Å²) in [5, 5.41) is 0. The number of benzene rings is 2. The third-order valence-corrected chi connectivity index (χ3v) is 3.81. The van der Waals surface area contributed by atoms with E-state index in [2.05, 4.69) is 56.3 Å². The van der Waals surface area contributed by atoms with Crippen LogP contribution in [0.5, 0.6) is 5.75 Å². The monoisotopic (exact) mass is 283 g/mol. The van der Waals surface area contributed by atoms with Crippen molar-refractivity contribution in [3.05, 3.63) is 65.2 Å². The Morgan fingerprint density at radius 2 is 1.90 bits per heavy atom. The van der Waals surface area contributed by atoms with Gasteiger partial charge >= 0.3 is 0 Å². The summed E-state index contributed by atoms with van der Waals surface area (Å²) in [6.45, 7) is 5.68. The van der Waals surface area contributed by atoms with Gasteiger partial charge in [-0.3, -0.25) is 0 Å². The molecule has 0 aromatic heterocycles. The number of nitrogens with two attached hydrogens (primary N) is 1. The molecule has 0 amide bonds. The lowest BCUT2D eigenvalue weighted by Crippen LogP contribution is -2.15. The molecule has 0 fully saturated rings. The quantitative estimate of drug-likeness (QED) is 0.831. The Bertz CT molecular complexity index is 565. The van der Waals surface area contributed by atoms with Crippen LogP contribution in [0.15, 0.2) is 48.5 Å². The van der Waals surface area contributed by atoms with Gasteiger partial charge in [0.2, 0.25) is 0 Å². The van der Waals surface area contributed by atoms with E-state index in [0.29, 0.717) is 12.5 Å². The fourth-order valence-corrected chi connectivity index (χ4v) is 2.52. The summed E-state index contributed by atoms with van der Waals surface area (Å²) < 4.78 is 5.72. The molecular weight excluding hydrogens is 258 g/mol. The third-order valence-electron chi connectivity index (χ3n) is 3.81. The molecule has 112 valence electrons. The van der Waals surface area contributed by atoms with Gasteiger partial charge in [-0.25, -0.2) is 0 Å². The molecule has 2 nitrogen and oxygen atoms in total. The summed E-state index contributed by atoms with van der Waals surface area (Å²) >= 11 is 0. The van der Waals surface area contributed by atoms with Gasteiger partial charge in [-0.15, -0.1) is 0 Å². The van der Waals surface area contributed by atoms with Gasteiger partial charge in [-0.05, 0) is 55.1 Å². The molecule has 2 aromatic carbocycles. The highest BCUT2D eigenvalue weighted by atomic mass is 16.5. The molecular formula is C19H25NO. The SMILES string of the molecule is CCCOc1cccc(C(CN)Cc2ccccc2C)c1. The smallest absolute Gasteiger partial charge is 0.119 e. The van der Waals surface area contributed by atoms with Crippen LogP contribution in [0.3, 0.4) is 0 Å². The van der Waals surface area contributed by atoms with Gasteiger partial charge in [-0.2, -0.15) is 0 Å². The molecule has 0 aliphatic heterocycles. The van der Waals surface area contributed by atoms with Gasteiger partial charge in [0.05, 0.1) is 6.61 Å². The van der Waals surface area contributed by atoms with Crippen LogP contribution < -0.4 is 10.5 Å². The number of rotatable bonds is 7. The molecule has 2 rings (SSSR count). The number of aryl methyl sites for hydroxylation is 1. The first-order chi connectivity index (χ1) is 10.2. The van der Waals surface area contributed by atoms with Crippen molar-refractivity contribution in [3.8, 4) is 5.75 Å². The summed E-state index contributed by atoms with van der Waals surface area (Å²) in [4.78, 5) is 0. The lowest BCUT2D eigenvalue weighted by molar-refractivity contribution is 0.317. The van der Waals surface area contributed by atoms with Crippen LogP contribution in [-0.2, 0) is 6.42 Å². The Kier molecular flexibility index (Phi) is 5.82. The summed E-state index contributed by atoms with van der Waals surface area (Å²) in [5.41, 5.74) is 9.97. The Balaban J connectivity index is 2.15. The van der Waals surface area contributed by atoms with Crippen molar-refractivity contribution in [1.29, 1.82) is 0 Å². The van der Waals surface area contributed by atoms with E-state index in [0.717, 1.165) is 25.2 Å². The summed E-state index contributed by atoms with van der Waals surface area (Å²) in [6.07, 6.45) is 1.99. The van der Waals surface area contributed by atoms with Crippen LogP contribution in [0.2, 0.25) is 0 Å². The fraction of sp³-hybridized carbons (Fsp3) is 0.368. The average molecular weight is 283 g/mol. The third kappa shape index (κ3) is 4.33. The van der Waals surface area contributed by atoms with Crippen molar-refractivity contribution in [2.45, 2.75) is 32.6 Å². The highest BCUT2D eigenvalue weighted by Gasteiger charge is 2.12. The van der Waals surface area contributed by atoms with E-state index < -0.39 is 0 Å². The molecule has 2 N–H and O–H groups in total. The van der Waals surface area contributed by atoms with Crippen molar-refractivity contribution in [3.63, 3.8) is 0 Å². The lowest BCUT2D eigenvalue weighted by atomic mass is 9.90. The zero-order valence-electron chi connectivity index (χ0n) is 13.0. The van der Waals surface area contributed by atoms with Gasteiger partial charge in [0.15, 0.2) is 0 Å². The van der Waals surface area contributed by atoms with Crippen molar-refractivity contribution in [2.75, 3.05) is 13.2 Å². The number of ether oxygens (including phenoxy) is 1. The van der Waals surface area contributed by atoms with Crippen LogP contribution >= 0.6 is 0 Å². The topological polar surface area (TPSA) is 35.2 Å². The molecule has 21 heavy (non-hydrogen) atoms. The Hall–Kier alpha value is -1.80. The Morgan fingerprint density at radius 3 is 2.62 bits per heavy atom. The molecule has 0 bridgehead atoms. The van der Waals surface area contributed by atoms with Gasteiger partial charge in [0.25, 0.3) is 0 Å². The predicted octanol–water partition coefficient (Wildman–Crippen LogP) is 4.07. The van der Waals surface area contributed by atoms with Gasteiger partial charge in [0.1, 0.15) is 5.75 Å². The Morgan fingerprint density at radius 1 is 1.10 bits per heavy atom. The van der Waals surface area contributed by atoms with Gasteiger partial charge < -0.3 is 10.5 Å². The fourth-order valence-electron chi connectivity index (χ4n) is 2.52. The molecule has 0 saturated heterocycles. The van der Waals surface area contributed by atoms with Crippen LogP contribution in [0.25, 0.3) is 0 Å². The van der Waals surface area contributed by atoms with Gasteiger partial charge in [-0.1, -0.05) is 43.3 Å². The van der Waals surface area contributed by atoms with E-state index >= 15 is 0 Å². The van der Waals surface area contributed by atoms with Crippen molar-refractivity contribution >= 4 is 0 Å². The normalized spacial score (nSPS) is 12.1. The zero-order chi connectivity index (χ0) is 15.1. The van der Waals surface area contributed by atoms with Crippen LogP contribution in [0.4, 0.5) is 0 Å². The molecule has 0 saturated carbocycles. The highest BCUT2D eigenvalue weighted by Crippen LogP contribution is 2.25. The highest BCUT2D eigenvalue weighted by molar-refractivity contribution is 5.34. The summed E-state index contributed by atoms with van der Waals surface area (Å²) in [6, 6.07) is 16.9. The van der Waals surface area contributed by atoms with Gasteiger partial charge in [0, 0.05) is 5.92 Å². The van der Waals surface area contributed by atoms with E-state index in [4.69, 9.17) is 10.5 Å². The van der Waals surface area contributed by atoms with Crippen molar-refractivity contribution in [2.24, 2.45) is 5.73 Å². The van der Waals surface area contributed by atoms with E-state index in [1.807, 2.05) is 6.07 Å². The molecule has 0 heterocycles. The maximum atomic E-state index is 6.01. The maximum Gasteiger partial charge on any atom is 0.119 e. The van der Waals surface area contributed by atoms with Crippen LogP contribution in [0.1, 0.15) is 36.0 Å². The number of hydrogen-bond acceptors (Lipinski definition) is 2. The maximum absolute atomic E-state index is 6.01. The van der Waals surface area contributed by atoms with E-state index in [1.165, 1.54) is 16.7 Å². The molecule has 0 spiro atoms. The summed E-state index contributed by atoms with van der Waals surface area (Å²) in [5.74, 6) is 1.27. The molecule has 1 unspecified atom stereocenters. The molecule has 0 radical (unpaired) electrons. The Labute approximate surface area is 127 Å². The number of hydrogen-bond donors (Lipinski definition) is 1. The van der Waals surface area contributed by atoms with Crippen LogP contribution in [-0.4, -0.2) is 13.2 Å². The first-order valence-electron chi connectivity index (χ1n) is 7.72. The standard InChI is InChI=1S/C19H25NO/c1-3-11-21-19-10-6-9-17(13-19)18(14-20)12-16-8-5-4-7-15(16)2/h4-10,13,18H,3,11-12,14,20H2,1-2H3. The van der Waals surface area contributed by atoms with E-state index in [-0.39, 0.29) is 0 Å². The molecule has 2 aromatic rings.